The van der Waals surface area contributed by atoms with E-state index < -0.39 is 0 Å². The van der Waals surface area contributed by atoms with Crippen molar-refractivity contribution in [3.8, 4) is 22.5 Å². The number of aromatic amines is 1. The van der Waals surface area contributed by atoms with Crippen LogP contribution in [0.5, 0.6) is 0 Å². The Labute approximate surface area is 305 Å². The SMILES string of the molecule is COCC(=O)NC1CCN(c2ncccc2NC(=O)c2[nH]c3cc(Cl)ccc3c2-c2c(-c3ccccc3)ncn2C(C)c2ccc(Cl)cc2)CC1. The van der Waals surface area contributed by atoms with Gasteiger partial charge in [-0.15, -0.1) is 0 Å². The first-order chi connectivity index (χ1) is 24.8. The molecule has 6 aromatic rings. The normalized spacial score (nSPS) is 14.1. The number of hydrogen-bond acceptors (Lipinski definition) is 6. The Morgan fingerprint density at radius 2 is 1.71 bits per heavy atom. The second-order valence-electron chi connectivity index (χ2n) is 12.6. The van der Waals surface area contributed by atoms with E-state index in [2.05, 4.69) is 37.0 Å². The van der Waals surface area contributed by atoms with Crippen LogP contribution in [0.4, 0.5) is 11.5 Å². The second-order valence-corrected chi connectivity index (χ2v) is 13.5. The number of hydrogen-bond donors (Lipinski definition) is 3. The maximum atomic E-state index is 14.6. The molecule has 2 amide bonds. The van der Waals surface area contributed by atoms with Crippen LogP contribution in [0.25, 0.3) is 33.4 Å². The van der Waals surface area contributed by atoms with Crippen LogP contribution in [0.2, 0.25) is 10.0 Å². The molecule has 260 valence electrons. The van der Waals surface area contributed by atoms with Gasteiger partial charge in [-0.05, 0) is 61.7 Å². The molecule has 0 aliphatic carbocycles. The van der Waals surface area contributed by atoms with Gasteiger partial charge in [-0.2, -0.15) is 0 Å². The van der Waals surface area contributed by atoms with Crippen molar-refractivity contribution >= 4 is 57.4 Å². The van der Waals surface area contributed by atoms with Gasteiger partial charge in [0, 0.05) is 64.5 Å². The predicted molar refractivity (Wildman–Crippen MR) is 203 cm³/mol. The summed E-state index contributed by atoms with van der Waals surface area (Å²) < 4.78 is 7.06. The number of pyridine rings is 1. The lowest BCUT2D eigenvalue weighted by molar-refractivity contribution is -0.125. The second kappa shape index (κ2) is 15.0. The molecule has 0 saturated carbocycles. The zero-order valence-corrected chi connectivity index (χ0v) is 29.7. The van der Waals surface area contributed by atoms with Gasteiger partial charge in [-0.3, -0.25) is 9.59 Å². The average Bonchev–Trinajstić information content (AvgIpc) is 3.74. The van der Waals surface area contributed by atoms with Gasteiger partial charge in [-0.25, -0.2) is 9.97 Å². The van der Waals surface area contributed by atoms with Crippen molar-refractivity contribution in [2.24, 2.45) is 0 Å². The summed E-state index contributed by atoms with van der Waals surface area (Å²) in [6.45, 7) is 3.46. The van der Waals surface area contributed by atoms with E-state index in [9.17, 15) is 9.59 Å². The highest BCUT2D eigenvalue weighted by Gasteiger charge is 2.29. The number of halogens is 2. The Hall–Kier alpha value is -5.16. The number of H-pyrrole nitrogens is 1. The van der Waals surface area contributed by atoms with Crippen molar-refractivity contribution in [3.05, 3.63) is 119 Å². The lowest BCUT2D eigenvalue weighted by Gasteiger charge is -2.34. The van der Waals surface area contributed by atoms with Gasteiger partial charge >= 0.3 is 0 Å². The minimum Gasteiger partial charge on any atom is -0.375 e. The molecule has 3 aromatic heterocycles. The Balaban J connectivity index is 1.28. The number of piperidine rings is 1. The summed E-state index contributed by atoms with van der Waals surface area (Å²) in [6, 6.07) is 26.9. The number of fused-ring (bicyclic) bond motifs is 1. The highest BCUT2D eigenvalue weighted by Crippen LogP contribution is 2.42. The lowest BCUT2D eigenvalue weighted by atomic mass is 9.99. The smallest absolute Gasteiger partial charge is 0.272 e. The number of anilines is 2. The van der Waals surface area contributed by atoms with E-state index in [0.717, 1.165) is 46.3 Å². The van der Waals surface area contributed by atoms with E-state index >= 15 is 0 Å². The quantitative estimate of drug-likeness (QED) is 0.132. The summed E-state index contributed by atoms with van der Waals surface area (Å²) in [5.74, 6) is 0.204. The molecule has 1 unspecified atom stereocenters. The van der Waals surface area contributed by atoms with Crippen molar-refractivity contribution in [1.82, 2.24) is 24.8 Å². The molecule has 7 rings (SSSR count). The number of nitrogens with one attached hydrogen (secondary N) is 3. The third-order valence-corrected chi connectivity index (χ3v) is 9.79. The number of benzene rings is 3. The Bertz CT molecular complexity index is 2170. The standard InChI is InChI=1S/C39H37Cl2N7O3/c1-24(25-10-12-27(40)13-11-25)48-23-43-35(26-7-4-3-5-8-26)37(48)34-30-15-14-28(41)21-32(30)45-36(34)39(50)46-31-9-6-18-42-38(31)47-19-16-29(17-20-47)44-33(49)22-51-2/h3-15,18,21,23-24,29,45H,16-17,19-20,22H2,1-2H3,(H,44,49)(H,46,50). The maximum Gasteiger partial charge on any atom is 0.272 e. The summed E-state index contributed by atoms with van der Waals surface area (Å²) in [5.41, 5.74) is 5.85. The van der Waals surface area contributed by atoms with Crippen LogP contribution in [-0.4, -0.2) is 64.2 Å². The first kappa shape index (κ1) is 34.3. The largest absolute Gasteiger partial charge is 0.375 e. The van der Waals surface area contributed by atoms with Gasteiger partial charge in [0.15, 0.2) is 5.82 Å². The molecule has 1 atom stereocenters. The number of ether oxygens (including phenoxy) is 1. The third-order valence-electron chi connectivity index (χ3n) is 9.31. The molecule has 0 spiro atoms. The van der Waals surface area contributed by atoms with Crippen LogP contribution >= 0.6 is 23.2 Å². The maximum absolute atomic E-state index is 14.6. The minimum atomic E-state index is -0.334. The molecule has 4 heterocycles. The first-order valence-corrected chi connectivity index (χ1v) is 17.5. The van der Waals surface area contributed by atoms with Crippen LogP contribution in [0.1, 0.15) is 41.9 Å². The summed E-state index contributed by atoms with van der Waals surface area (Å²) >= 11 is 12.7. The van der Waals surface area contributed by atoms with Crippen molar-refractivity contribution in [2.75, 3.05) is 37.0 Å². The van der Waals surface area contributed by atoms with E-state index in [1.807, 2.05) is 85.2 Å². The number of rotatable bonds is 10. The van der Waals surface area contributed by atoms with Gasteiger partial charge in [0.2, 0.25) is 5.91 Å². The summed E-state index contributed by atoms with van der Waals surface area (Å²) in [4.78, 5) is 41.8. The zero-order chi connectivity index (χ0) is 35.5. The lowest BCUT2D eigenvalue weighted by Crippen LogP contribution is -2.46. The molecule has 51 heavy (non-hydrogen) atoms. The zero-order valence-electron chi connectivity index (χ0n) is 28.2. The molecule has 1 aliphatic heterocycles. The Morgan fingerprint density at radius 1 is 0.961 bits per heavy atom. The van der Waals surface area contributed by atoms with Crippen molar-refractivity contribution in [1.29, 1.82) is 0 Å². The molecule has 0 radical (unpaired) electrons. The number of amides is 2. The summed E-state index contributed by atoms with van der Waals surface area (Å²) in [5, 5.41) is 8.23. The van der Waals surface area contributed by atoms with E-state index in [-0.39, 0.29) is 30.5 Å². The van der Waals surface area contributed by atoms with Gasteiger partial charge < -0.3 is 29.8 Å². The molecule has 0 bridgehead atoms. The van der Waals surface area contributed by atoms with Crippen LogP contribution in [0.15, 0.2) is 97.5 Å². The minimum absolute atomic E-state index is 0.0340. The predicted octanol–water partition coefficient (Wildman–Crippen LogP) is 7.99. The number of aromatic nitrogens is 4. The van der Waals surface area contributed by atoms with E-state index in [4.69, 9.17) is 32.9 Å². The molecule has 1 fully saturated rings. The molecular formula is C39H37Cl2N7O3. The van der Waals surface area contributed by atoms with Crippen LogP contribution in [0.3, 0.4) is 0 Å². The van der Waals surface area contributed by atoms with Crippen molar-refractivity contribution in [2.45, 2.75) is 31.8 Å². The molecule has 1 saturated heterocycles. The van der Waals surface area contributed by atoms with E-state index in [1.165, 1.54) is 7.11 Å². The Kier molecular flexibility index (Phi) is 10.1. The van der Waals surface area contributed by atoms with E-state index in [0.29, 0.717) is 45.9 Å². The highest BCUT2D eigenvalue weighted by molar-refractivity contribution is 6.31. The molecule has 12 heteroatoms. The fraction of sp³-hybridized carbons (Fsp3) is 0.231. The van der Waals surface area contributed by atoms with E-state index in [1.54, 1.807) is 12.3 Å². The van der Waals surface area contributed by atoms with Gasteiger partial charge in [-0.1, -0.05) is 71.7 Å². The van der Waals surface area contributed by atoms with Crippen LogP contribution in [0, 0.1) is 0 Å². The number of carbonyl (C=O) groups excluding carboxylic acids is 2. The topological polar surface area (TPSA) is 117 Å². The molecule has 10 nitrogen and oxygen atoms in total. The number of carbonyl (C=O) groups is 2. The Morgan fingerprint density at radius 3 is 2.45 bits per heavy atom. The summed E-state index contributed by atoms with van der Waals surface area (Å²) in [6.07, 6.45) is 5.03. The van der Waals surface area contributed by atoms with Gasteiger partial charge in [0.25, 0.3) is 5.91 Å². The molecule has 1 aliphatic rings. The van der Waals surface area contributed by atoms with Gasteiger partial charge in [0.05, 0.1) is 29.4 Å². The number of nitrogens with zero attached hydrogens (tertiary/aromatic N) is 4. The van der Waals surface area contributed by atoms with Gasteiger partial charge in [0.1, 0.15) is 12.3 Å². The molecule has 3 aromatic carbocycles. The molecular weight excluding hydrogens is 685 g/mol. The van der Waals surface area contributed by atoms with Crippen molar-refractivity contribution in [3.63, 3.8) is 0 Å². The number of imidazole rings is 1. The fourth-order valence-electron chi connectivity index (χ4n) is 6.76. The third kappa shape index (κ3) is 7.21. The van der Waals surface area contributed by atoms with Crippen LogP contribution in [-0.2, 0) is 9.53 Å². The molecule has 3 N–H and O–H groups in total. The van der Waals surface area contributed by atoms with Crippen LogP contribution < -0.4 is 15.5 Å². The van der Waals surface area contributed by atoms with Crippen molar-refractivity contribution < 1.29 is 14.3 Å². The highest BCUT2D eigenvalue weighted by atomic mass is 35.5. The summed E-state index contributed by atoms with van der Waals surface area (Å²) in [7, 11) is 1.51. The fourth-order valence-corrected chi connectivity index (χ4v) is 7.06. The first-order valence-electron chi connectivity index (χ1n) is 16.8. The average molecular weight is 723 g/mol. The monoisotopic (exact) mass is 721 g/mol. The number of methoxy groups -OCH3 is 1.